The Hall–Kier alpha value is 0.130. The van der Waals surface area contributed by atoms with Crippen molar-refractivity contribution in [3.8, 4) is 0 Å². The molecule has 0 spiro atoms. The monoisotopic (exact) mass is 376 g/mol. The molecule has 1 rings (SSSR count). The van der Waals surface area contributed by atoms with Gasteiger partial charge in [0.15, 0.2) is 0 Å². The van der Waals surface area contributed by atoms with Gasteiger partial charge < -0.3 is 4.55 Å². The van der Waals surface area contributed by atoms with Crippen molar-refractivity contribution in [2.75, 3.05) is 0 Å². The minimum atomic E-state index is -4.39. The second kappa shape index (κ2) is 14.2. The van der Waals surface area contributed by atoms with E-state index < -0.39 is 10.1 Å². The van der Waals surface area contributed by atoms with E-state index in [0.717, 1.165) is 19.3 Å². The standard InChI is InChI=1S/C20H34O3S.Na/c1-3-5-6-7-8-9-10-11-12-15-18(4-2)19-16-13-14-17-20(19)24(21,22)23;/h13-14,16-18H,3-12,15H2,1-2H3,(H,21,22,23);/q;+1/p-1. The van der Waals surface area contributed by atoms with Gasteiger partial charge in [-0.2, -0.15) is 0 Å². The molecule has 0 bridgehead atoms. The van der Waals surface area contributed by atoms with Gasteiger partial charge in [0.1, 0.15) is 10.1 Å². The molecule has 0 aliphatic carbocycles. The Kier molecular flexibility index (Phi) is 14.3. The second-order valence-corrected chi connectivity index (χ2v) is 8.06. The molecule has 0 saturated carbocycles. The van der Waals surface area contributed by atoms with Crippen LogP contribution in [0, 0.1) is 0 Å². The normalized spacial score (nSPS) is 12.6. The molecule has 5 heteroatoms. The fourth-order valence-corrected chi connectivity index (χ4v) is 4.10. The Morgan fingerprint density at radius 1 is 0.880 bits per heavy atom. The van der Waals surface area contributed by atoms with Crippen LogP contribution in [0.1, 0.15) is 96.0 Å². The Bertz CT molecular complexity index is 558. The molecule has 0 aliphatic rings. The number of unbranched alkanes of at least 4 members (excludes halogenated alkanes) is 8. The van der Waals surface area contributed by atoms with E-state index in [1.54, 1.807) is 12.1 Å². The molecule has 1 aromatic rings. The first-order valence-corrected chi connectivity index (χ1v) is 11.0. The van der Waals surface area contributed by atoms with Crippen LogP contribution in [0.25, 0.3) is 0 Å². The van der Waals surface area contributed by atoms with Crippen LogP contribution in [0.2, 0.25) is 0 Å². The summed E-state index contributed by atoms with van der Waals surface area (Å²) in [6.45, 7) is 4.30. The van der Waals surface area contributed by atoms with Crippen molar-refractivity contribution in [1.82, 2.24) is 0 Å². The largest absolute Gasteiger partial charge is 1.00 e. The maximum atomic E-state index is 11.4. The van der Waals surface area contributed by atoms with Crippen molar-refractivity contribution in [3.05, 3.63) is 29.8 Å². The zero-order chi connectivity index (χ0) is 17.8. The number of rotatable bonds is 13. The zero-order valence-corrected chi connectivity index (χ0v) is 19.1. The van der Waals surface area contributed by atoms with Crippen LogP contribution < -0.4 is 29.6 Å². The molecule has 0 aliphatic heterocycles. The van der Waals surface area contributed by atoms with Gasteiger partial charge in [0.25, 0.3) is 0 Å². The molecule has 0 N–H and O–H groups in total. The fourth-order valence-electron chi connectivity index (χ4n) is 3.33. The number of benzene rings is 1. The van der Waals surface area contributed by atoms with Crippen molar-refractivity contribution in [1.29, 1.82) is 0 Å². The molecular formula is C20H33NaO3S. The fraction of sp³-hybridized carbons (Fsp3) is 0.700. The van der Waals surface area contributed by atoms with Crippen molar-refractivity contribution < 1.29 is 42.5 Å². The Labute approximate surface area is 177 Å². The average Bonchev–Trinajstić information content (AvgIpc) is 2.56. The molecule has 0 aromatic heterocycles. The maximum Gasteiger partial charge on any atom is 1.00 e. The molecule has 0 saturated heterocycles. The van der Waals surface area contributed by atoms with Gasteiger partial charge in [-0.15, -0.1) is 0 Å². The van der Waals surface area contributed by atoms with Crippen molar-refractivity contribution in [2.45, 2.75) is 95.3 Å². The molecule has 1 atom stereocenters. The van der Waals surface area contributed by atoms with E-state index in [4.69, 9.17) is 0 Å². The van der Waals surface area contributed by atoms with Crippen LogP contribution in [-0.4, -0.2) is 13.0 Å². The van der Waals surface area contributed by atoms with E-state index >= 15 is 0 Å². The minimum absolute atomic E-state index is 0. The second-order valence-electron chi connectivity index (χ2n) is 6.71. The van der Waals surface area contributed by atoms with Gasteiger partial charge in [-0.05, 0) is 30.4 Å². The molecule has 0 amide bonds. The van der Waals surface area contributed by atoms with Crippen molar-refractivity contribution in [3.63, 3.8) is 0 Å². The maximum absolute atomic E-state index is 11.4. The molecule has 0 heterocycles. The van der Waals surface area contributed by atoms with E-state index in [1.165, 1.54) is 57.4 Å². The van der Waals surface area contributed by atoms with Gasteiger partial charge in [0.05, 0.1) is 4.90 Å². The Morgan fingerprint density at radius 2 is 1.40 bits per heavy atom. The van der Waals surface area contributed by atoms with Gasteiger partial charge >= 0.3 is 29.6 Å². The van der Waals surface area contributed by atoms with Crippen LogP contribution in [0.15, 0.2) is 29.2 Å². The van der Waals surface area contributed by atoms with Crippen LogP contribution in [0.5, 0.6) is 0 Å². The molecule has 25 heavy (non-hydrogen) atoms. The summed E-state index contributed by atoms with van der Waals surface area (Å²) < 4.78 is 34.3. The summed E-state index contributed by atoms with van der Waals surface area (Å²) >= 11 is 0. The third kappa shape index (κ3) is 10.1. The first kappa shape index (κ1) is 25.1. The van der Waals surface area contributed by atoms with Gasteiger partial charge in [-0.1, -0.05) is 89.8 Å². The molecule has 0 radical (unpaired) electrons. The van der Waals surface area contributed by atoms with Crippen LogP contribution in [0.4, 0.5) is 0 Å². The van der Waals surface area contributed by atoms with E-state index in [0.29, 0.717) is 5.56 Å². The van der Waals surface area contributed by atoms with Gasteiger partial charge in [0, 0.05) is 0 Å². The zero-order valence-electron chi connectivity index (χ0n) is 16.3. The van der Waals surface area contributed by atoms with E-state index in [1.807, 2.05) is 6.07 Å². The Morgan fingerprint density at radius 3 is 1.92 bits per heavy atom. The summed E-state index contributed by atoms with van der Waals surface area (Å²) in [5.41, 5.74) is 0.703. The van der Waals surface area contributed by atoms with Gasteiger partial charge in [0.2, 0.25) is 0 Å². The summed E-state index contributed by atoms with van der Waals surface area (Å²) in [7, 11) is -4.39. The predicted molar refractivity (Wildman–Crippen MR) is 99.3 cm³/mol. The average molecular weight is 377 g/mol. The Balaban J connectivity index is 0.00000576. The van der Waals surface area contributed by atoms with E-state index in [2.05, 4.69) is 13.8 Å². The predicted octanol–water partition coefficient (Wildman–Crippen LogP) is 3.01. The first-order valence-electron chi connectivity index (χ1n) is 9.55. The molecular weight excluding hydrogens is 343 g/mol. The summed E-state index contributed by atoms with van der Waals surface area (Å²) in [4.78, 5) is -0.0345. The van der Waals surface area contributed by atoms with E-state index in [-0.39, 0.29) is 40.4 Å². The van der Waals surface area contributed by atoms with Crippen molar-refractivity contribution >= 4 is 10.1 Å². The van der Waals surface area contributed by atoms with Crippen LogP contribution >= 0.6 is 0 Å². The number of hydrogen-bond donors (Lipinski definition) is 0. The minimum Gasteiger partial charge on any atom is -0.744 e. The summed E-state index contributed by atoms with van der Waals surface area (Å²) in [5, 5.41) is 0. The quantitative estimate of drug-likeness (QED) is 0.302. The van der Waals surface area contributed by atoms with Crippen LogP contribution in [0.3, 0.4) is 0 Å². The van der Waals surface area contributed by atoms with Crippen molar-refractivity contribution in [2.24, 2.45) is 0 Å². The topological polar surface area (TPSA) is 57.2 Å². The molecule has 1 aromatic carbocycles. The molecule has 138 valence electrons. The van der Waals surface area contributed by atoms with Crippen LogP contribution in [-0.2, 0) is 10.1 Å². The van der Waals surface area contributed by atoms with E-state index in [9.17, 15) is 13.0 Å². The smallest absolute Gasteiger partial charge is 0.744 e. The number of hydrogen-bond acceptors (Lipinski definition) is 3. The summed E-state index contributed by atoms with van der Waals surface area (Å²) in [6, 6.07) is 6.69. The molecule has 3 nitrogen and oxygen atoms in total. The summed E-state index contributed by atoms with van der Waals surface area (Å²) in [5.74, 6) is 0.162. The molecule has 1 unspecified atom stereocenters. The van der Waals surface area contributed by atoms with Gasteiger partial charge in [-0.25, -0.2) is 8.42 Å². The molecule has 0 fully saturated rings. The van der Waals surface area contributed by atoms with Gasteiger partial charge in [-0.3, -0.25) is 0 Å². The summed E-state index contributed by atoms with van der Waals surface area (Å²) in [6.07, 6.45) is 13.3. The third-order valence-corrected chi connectivity index (χ3v) is 5.69. The first-order chi connectivity index (χ1) is 11.5. The third-order valence-electron chi connectivity index (χ3n) is 4.78. The SMILES string of the molecule is CCCCCCCCCCCC(CC)c1ccccc1S(=O)(=O)[O-].[Na+].